The molecule has 0 atom stereocenters. The van der Waals surface area contributed by atoms with Gasteiger partial charge in [0.1, 0.15) is 0 Å². The van der Waals surface area contributed by atoms with Crippen molar-refractivity contribution in [2.24, 2.45) is 5.41 Å². The summed E-state index contributed by atoms with van der Waals surface area (Å²) in [6.45, 7) is 7.65. The van der Waals surface area contributed by atoms with E-state index < -0.39 is 0 Å². The van der Waals surface area contributed by atoms with Gasteiger partial charge in [-0.3, -0.25) is 4.79 Å². The van der Waals surface area contributed by atoms with Gasteiger partial charge in [0.15, 0.2) is 5.76 Å². The van der Waals surface area contributed by atoms with Crippen LogP contribution in [0.4, 0.5) is 0 Å². The fourth-order valence-corrected chi connectivity index (χ4v) is 2.13. The van der Waals surface area contributed by atoms with E-state index in [0.717, 1.165) is 5.56 Å². The number of carbonyl (C=O) groups excluding carboxylic acids is 1. The average molecular weight is 271 g/mol. The Morgan fingerprint density at radius 2 is 1.80 bits per heavy atom. The molecule has 1 aromatic carbocycles. The van der Waals surface area contributed by atoms with E-state index in [-0.39, 0.29) is 11.3 Å². The van der Waals surface area contributed by atoms with E-state index in [2.05, 4.69) is 20.8 Å². The first kappa shape index (κ1) is 14.4. The lowest BCUT2D eigenvalue weighted by atomic mass is 9.95. The lowest BCUT2D eigenvalue weighted by Gasteiger charge is -2.29. The van der Waals surface area contributed by atoms with Crippen molar-refractivity contribution in [1.29, 1.82) is 0 Å². The third kappa shape index (κ3) is 3.98. The Morgan fingerprint density at radius 3 is 2.35 bits per heavy atom. The number of benzene rings is 1. The van der Waals surface area contributed by atoms with Crippen molar-refractivity contribution in [2.45, 2.75) is 27.3 Å². The van der Waals surface area contributed by atoms with Crippen molar-refractivity contribution in [3.63, 3.8) is 0 Å². The number of hydrogen-bond acceptors (Lipinski definition) is 2. The second-order valence-electron chi connectivity index (χ2n) is 6.18. The molecular weight excluding hydrogens is 250 g/mol. The monoisotopic (exact) mass is 271 g/mol. The zero-order chi connectivity index (χ0) is 14.6. The van der Waals surface area contributed by atoms with E-state index >= 15 is 0 Å². The van der Waals surface area contributed by atoms with Crippen LogP contribution < -0.4 is 0 Å². The van der Waals surface area contributed by atoms with Crippen LogP contribution in [0.2, 0.25) is 0 Å². The molecule has 0 aliphatic carbocycles. The summed E-state index contributed by atoms with van der Waals surface area (Å²) in [6.07, 6.45) is 1.53. The number of amides is 1. The van der Waals surface area contributed by atoms with Crippen molar-refractivity contribution >= 4 is 5.91 Å². The highest BCUT2D eigenvalue weighted by molar-refractivity contribution is 5.91. The van der Waals surface area contributed by atoms with Crippen LogP contribution in [-0.4, -0.2) is 17.4 Å². The summed E-state index contributed by atoms with van der Waals surface area (Å²) < 4.78 is 5.24. The van der Waals surface area contributed by atoms with Crippen LogP contribution in [0.3, 0.4) is 0 Å². The quantitative estimate of drug-likeness (QED) is 0.843. The second-order valence-corrected chi connectivity index (χ2v) is 6.18. The first-order valence-corrected chi connectivity index (χ1v) is 6.82. The summed E-state index contributed by atoms with van der Waals surface area (Å²) in [4.78, 5) is 14.4. The third-order valence-electron chi connectivity index (χ3n) is 2.90. The van der Waals surface area contributed by atoms with E-state index in [0.29, 0.717) is 18.8 Å². The molecule has 2 aromatic rings. The number of nitrogens with zero attached hydrogens (tertiary/aromatic N) is 1. The summed E-state index contributed by atoms with van der Waals surface area (Å²) in [5.41, 5.74) is 1.16. The van der Waals surface area contributed by atoms with Crippen molar-refractivity contribution in [3.8, 4) is 0 Å². The first-order chi connectivity index (χ1) is 9.46. The lowest BCUT2D eigenvalue weighted by molar-refractivity contribution is 0.0647. The van der Waals surface area contributed by atoms with Crippen LogP contribution >= 0.6 is 0 Å². The molecule has 0 unspecified atom stereocenters. The van der Waals surface area contributed by atoms with Gasteiger partial charge in [0, 0.05) is 13.1 Å². The molecule has 0 bridgehead atoms. The molecule has 3 nitrogen and oxygen atoms in total. The Kier molecular flexibility index (Phi) is 4.28. The topological polar surface area (TPSA) is 33.5 Å². The SMILES string of the molecule is CC(C)(C)CN(Cc1ccccc1)C(=O)c1ccco1. The zero-order valence-corrected chi connectivity index (χ0v) is 12.3. The van der Waals surface area contributed by atoms with Crippen molar-refractivity contribution in [3.05, 3.63) is 60.1 Å². The molecule has 1 amide bonds. The van der Waals surface area contributed by atoms with Gasteiger partial charge in [-0.05, 0) is 23.1 Å². The van der Waals surface area contributed by atoms with Crippen LogP contribution in [0.25, 0.3) is 0 Å². The molecule has 2 rings (SSSR count). The number of hydrogen-bond donors (Lipinski definition) is 0. The van der Waals surface area contributed by atoms with Gasteiger partial charge in [-0.2, -0.15) is 0 Å². The van der Waals surface area contributed by atoms with E-state index in [1.165, 1.54) is 6.26 Å². The van der Waals surface area contributed by atoms with Gasteiger partial charge in [0.25, 0.3) is 5.91 Å². The minimum atomic E-state index is -0.0613. The summed E-state index contributed by atoms with van der Waals surface area (Å²) in [5.74, 6) is 0.332. The first-order valence-electron chi connectivity index (χ1n) is 6.82. The van der Waals surface area contributed by atoms with E-state index in [9.17, 15) is 4.79 Å². The maximum atomic E-state index is 12.5. The maximum Gasteiger partial charge on any atom is 0.289 e. The van der Waals surface area contributed by atoms with Gasteiger partial charge in [0.2, 0.25) is 0 Å². The Bertz CT molecular complexity index is 538. The molecule has 0 radical (unpaired) electrons. The van der Waals surface area contributed by atoms with Gasteiger partial charge in [-0.25, -0.2) is 0 Å². The van der Waals surface area contributed by atoms with E-state index in [4.69, 9.17) is 4.42 Å². The Hall–Kier alpha value is -2.03. The fourth-order valence-electron chi connectivity index (χ4n) is 2.13. The van der Waals surface area contributed by atoms with Gasteiger partial charge in [-0.1, -0.05) is 51.1 Å². The van der Waals surface area contributed by atoms with Crippen LogP contribution in [0.5, 0.6) is 0 Å². The molecule has 106 valence electrons. The highest BCUT2D eigenvalue weighted by atomic mass is 16.3. The number of furan rings is 1. The predicted octanol–water partition coefficient (Wildman–Crippen LogP) is 3.97. The summed E-state index contributed by atoms with van der Waals surface area (Å²) >= 11 is 0. The highest BCUT2D eigenvalue weighted by Gasteiger charge is 2.23. The molecule has 1 aromatic heterocycles. The van der Waals surface area contributed by atoms with Crippen LogP contribution in [0.15, 0.2) is 53.1 Å². The molecule has 0 N–H and O–H groups in total. The van der Waals surface area contributed by atoms with Crippen molar-refractivity contribution in [2.75, 3.05) is 6.54 Å². The molecule has 0 saturated carbocycles. The minimum Gasteiger partial charge on any atom is -0.459 e. The summed E-state index contributed by atoms with van der Waals surface area (Å²) in [5, 5.41) is 0. The standard InChI is InChI=1S/C17H21NO2/c1-17(2,3)13-18(12-14-8-5-4-6-9-14)16(19)15-10-7-11-20-15/h4-11H,12-13H2,1-3H3. The Balaban J connectivity index is 2.19. The lowest BCUT2D eigenvalue weighted by Crippen LogP contribution is -2.37. The normalized spacial score (nSPS) is 11.3. The molecule has 1 heterocycles. The van der Waals surface area contributed by atoms with Crippen LogP contribution in [-0.2, 0) is 6.54 Å². The molecule has 0 aliphatic heterocycles. The Labute approximate surface area is 120 Å². The van der Waals surface area contributed by atoms with E-state index in [1.54, 1.807) is 12.1 Å². The average Bonchev–Trinajstić information content (AvgIpc) is 2.90. The molecule has 0 saturated heterocycles. The fraction of sp³-hybridized carbons (Fsp3) is 0.353. The molecular formula is C17H21NO2. The number of rotatable bonds is 4. The van der Waals surface area contributed by atoms with E-state index in [1.807, 2.05) is 35.2 Å². The van der Waals surface area contributed by atoms with Crippen LogP contribution in [0.1, 0.15) is 36.9 Å². The number of carbonyl (C=O) groups is 1. The third-order valence-corrected chi connectivity index (χ3v) is 2.90. The minimum absolute atomic E-state index is 0.0387. The second kappa shape index (κ2) is 5.95. The summed E-state index contributed by atoms with van der Waals surface area (Å²) in [7, 11) is 0. The molecule has 0 aliphatic rings. The van der Waals surface area contributed by atoms with Crippen molar-refractivity contribution in [1.82, 2.24) is 4.90 Å². The highest BCUT2D eigenvalue weighted by Crippen LogP contribution is 2.19. The molecule has 3 heteroatoms. The van der Waals surface area contributed by atoms with Gasteiger partial charge >= 0.3 is 0 Å². The van der Waals surface area contributed by atoms with Gasteiger partial charge < -0.3 is 9.32 Å². The smallest absolute Gasteiger partial charge is 0.289 e. The largest absolute Gasteiger partial charge is 0.459 e. The maximum absolute atomic E-state index is 12.5. The van der Waals surface area contributed by atoms with Gasteiger partial charge in [0.05, 0.1) is 6.26 Å². The zero-order valence-electron chi connectivity index (χ0n) is 12.3. The summed E-state index contributed by atoms with van der Waals surface area (Å²) in [6, 6.07) is 13.5. The molecule has 0 fully saturated rings. The Morgan fingerprint density at radius 1 is 1.10 bits per heavy atom. The van der Waals surface area contributed by atoms with Gasteiger partial charge in [-0.15, -0.1) is 0 Å². The van der Waals surface area contributed by atoms with Crippen LogP contribution in [0, 0.1) is 5.41 Å². The molecule has 20 heavy (non-hydrogen) atoms. The molecule has 0 spiro atoms. The predicted molar refractivity (Wildman–Crippen MR) is 79.3 cm³/mol. The van der Waals surface area contributed by atoms with Crippen molar-refractivity contribution < 1.29 is 9.21 Å².